The van der Waals surface area contributed by atoms with Gasteiger partial charge in [0.05, 0.1) is 12.0 Å². The summed E-state index contributed by atoms with van der Waals surface area (Å²) in [5.74, 6) is 1.25. The summed E-state index contributed by atoms with van der Waals surface area (Å²) in [5.41, 5.74) is 2.15. The number of allylic oxidation sites excluding steroid dienone is 1. The van der Waals surface area contributed by atoms with E-state index < -0.39 is 18.3 Å². The molecular weight excluding hydrogens is 402 g/mol. The number of methoxy groups -OCH3 is 1. The van der Waals surface area contributed by atoms with Crippen LogP contribution in [0.25, 0.3) is 0 Å². The van der Waals surface area contributed by atoms with Crippen molar-refractivity contribution in [2.45, 2.75) is 69.5 Å². The highest BCUT2D eigenvalue weighted by Crippen LogP contribution is 2.44. The molecule has 1 aliphatic heterocycles. The van der Waals surface area contributed by atoms with Crippen molar-refractivity contribution in [2.75, 3.05) is 13.7 Å². The van der Waals surface area contributed by atoms with Crippen molar-refractivity contribution in [2.24, 2.45) is 0 Å². The van der Waals surface area contributed by atoms with E-state index in [1.807, 2.05) is 0 Å². The fourth-order valence-corrected chi connectivity index (χ4v) is 11.1. The van der Waals surface area contributed by atoms with Crippen molar-refractivity contribution in [3.05, 3.63) is 48.4 Å². The predicted octanol–water partition coefficient (Wildman–Crippen LogP) is 5.68. The first kappa shape index (κ1) is 23.5. The highest BCUT2D eigenvalue weighted by atomic mass is 32.2. The second-order valence-corrected chi connectivity index (χ2v) is 15.8. The first-order valence-corrected chi connectivity index (χ1v) is 13.8. The SMILES string of the molecule is C=C(O[Si](C(C)C)(C(C)C)C(C)C)C1=CN(S(=O)(=O)c2ccc(OC)cc2)CC1. The lowest BCUT2D eigenvalue weighted by atomic mass is 10.2. The fraction of sp³-hybridized carbons (Fsp3) is 0.545. The van der Waals surface area contributed by atoms with Gasteiger partial charge in [0.15, 0.2) is 0 Å². The smallest absolute Gasteiger partial charge is 0.263 e. The van der Waals surface area contributed by atoms with E-state index in [2.05, 4.69) is 48.1 Å². The lowest BCUT2D eigenvalue weighted by Crippen LogP contribution is -2.47. The summed E-state index contributed by atoms with van der Waals surface area (Å²) in [6.07, 6.45) is 2.29. The molecule has 0 fully saturated rings. The molecule has 29 heavy (non-hydrogen) atoms. The van der Waals surface area contributed by atoms with Gasteiger partial charge in [0.1, 0.15) is 11.5 Å². The van der Waals surface area contributed by atoms with Crippen molar-refractivity contribution >= 4 is 18.3 Å². The topological polar surface area (TPSA) is 55.8 Å². The Morgan fingerprint density at radius 3 is 2.00 bits per heavy atom. The molecule has 1 heterocycles. The number of rotatable bonds is 9. The van der Waals surface area contributed by atoms with E-state index in [9.17, 15) is 8.42 Å². The molecule has 1 aromatic carbocycles. The molecule has 0 amide bonds. The Bertz CT molecular complexity index is 836. The third kappa shape index (κ3) is 4.56. The van der Waals surface area contributed by atoms with E-state index in [4.69, 9.17) is 9.16 Å². The standard InChI is InChI=1S/C22H35NO4SSi/c1-16(2)29(17(3)4,18(5)6)27-19(7)20-13-14-23(15-20)28(24,25)22-11-9-21(26-8)10-12-22/h9-12,15-18H,7,13-14H2,1-6,8H3. The van der Waals surface area contributed by atoms with Crippen LogP contribution in [0.1, 0.15) is 48.0 Å². The van der Waals surface area contributed by atoms with Crippen LogP contribution in [0, 0.1) is 0 Å². The van der Waals surface area contributed by atoms with Crippen LogP contribution >= 0.6 is 0 Å². The second kappa shape index (κ2) is 8.96. The summed E-state index contributed by atoms with van der Waals surface area (Å²) >= 11 is 0. The van der Waals surface area contributed by atoms with Gasteiger partial charge in [0.25, 0.3) is 18.3 Å². The van der Waals surface area contributed by atoms with Crippen LogP contribution < -0.4 is 4.74 Å². The maximum Gasteiger partial charge on any atom is 0.263 e. The number of ether oxygens (including phenoxy) is 1. The summed E-state index contributed by atoms with van der Waals surface area (Å²) in [4.78, 5) is 0.248. The minimum atomic E-state index is -3.61. The first-order valence-electron chi connectivity index (χ1n) is 10.2. The molecule has 2 rings (SSSR count). The van der Waals surface area contributed by atoms with Crippen LogP contribution in [0.4, 0.5) is 0 Å². The summed E-state index contributed by atoms with van der Waals surface area (Å²) in [6, 6.07) is 6.45. The summed E-state index contributed by atoms with van der Waals surface area (Å²) in [6.45, 7) is 17.9. The number of hydrogen-bond donors (Lipinski definition) is 0. The van der Waals surface area contributed by atoms with Gasteiger partial charge in [-0.1, -0.05) is 48.1 Å². The zero-order valence-corrected chi connectivity index (χ0v) is 20.5. The van der Waals surface area contributed by atoms with Crippen LogP contribution in [0.2, 0.25) is 16.6 Å². The Labute approximate surface area is 177 Å². The summed E-state index contributed by atoms with van der Waals surface area (Å²) in [5, 5.41) is 0. The predicted molar refractivity (Wildman–Crippen MR) is 121 cm³/mol. The van der Waals surface area contributed by atoms with E-state index >= 15 is 0 Å². The minimum absolute atomic E-state index is 0.248. The molecule has 1 aliphatic rings. The Balaban J connectivity index is 2.26. The molecule has 0 bridgehead atoms. The Morgan fingerprint density at radius 2 is 1.55 bits per heavy atom. The highest BCUT2D eigenvalue weighted by molar-refractivity contribution is 7.89. The van der Waals surface area contributed by atoms with Gasteiger partial charge in [0.2, 0.25) is 0 Å². The Kier molecular flexibility index (Phi) is 7.27. The molecule has 0 unspecified atom stereocenters. The molecule has 0 atom stereocenters. The third-order valence-electron chi connectivity index (χ3n) is 5.93. The third-order valence-corrected chi connectivity index (χ3v) is 13.7. The van der Waals surface area contributed by atoms with E-state index in [0.717, 1.165) is 5.57 Å². The maximum atomic E-state index is 13.0. The maximum absolute atomic E-state index is 13.0. The van der Waals surface area contributed by atoms with Crippen LogP contribution in [-0.2, 0) is 14.4 Å². The molecule has 0 spiro atoms. The zero-order chi connectivity index (χ0) is 22.0. The number of sulfonamides is 1. The van der Waals surface area contributed by atoms with Crippen molar-refractivity contribution in [1.82, 2.24) is 4.31 Å². The van der Waals surface area contributed by atoms with Gasteiger partial charge in [-0.15, -0.1) is 0 Å². The zero-order valence-electron chi connectivity index (χ0n) is 18.7. The monoisotopic (exact) mass is 437 g/mol. The van der Waals surface area contributed by atoms with Crippen LogP contribution in [-0.4, -0.2) is 34.7 Å². The molecule has 162 valence electrons. The molecule has 0 N–H and O–H groups in total. The van der Waals surface area contributed by atoms with Crippen molar-refractivity contribution in [3.8, 4) is 5.75 Å². The number of nitrogens with zero attached hydrogens (tertiary/aromatic N) is 1. The number of hydrogen-bond acceptors (Lipinski definition) is 4. The average Bonchev–Trinajstić information content (AvgIpc) is 3.16. The Morgan fingerprint density at radius 1 is 1.03 bits per heavy atom. The van der Waals surface area contributed by atoms with Crippen LogP contribution in [0.5, 0.6) is 5.75 Å². The van der Waals surface area contributed by atoms with E-state index in [0.29, 0.717) is 41.1 Å². The van der Waals surface area contributed by atoms with Gasteiger partial charge in [0, 0.05) is 18.3 Å². The Hall–Kier alpha value is -1.73. The quantitative estimate of drug-likeness (QED) is 0.368. The lowest BCUT2D eigenvalue weighted by Gasteiger charge is -2.42. The van der Waals surface area contributed by atoms with E-state index in [1.54, 1.807) is 37.6 Å². The van der Waals surface area contributed by atoms with Gasteiger partial charge in [-0.05, 0) is 47.3 Å². The lowest BCUT2D eigenvalue weighted by molar-refractivity contribution is 0.380. The fourth-order valence-electron chi connectivity index (χ4n) is 4.45. The molecule has 0 saturated heterocycles. The average molecular weight is 438 g/mol. The van der Waals surface area contributed by atoms with Crippen molar-refractivity contribution in [1.29, 1.82) is 0 Å². The molecular formula is C22H35NO4SSi. The largest absolute Gasteiger partial charge is 0.543 e. The molecule has 0 radical (unpaired) electrons. The molecule has 0 aliphatic carbocycles. The normalized spacial score (nSPS) is 15.2. The second-order valence-electron chi connectivity index (χ2n) is 8.54. The van der Waals surface area contributed by atoms with Gasteiger partial charge in [-0.2, -0.15) is 0 Å². The van der Waals surface area contributed by atoms with Gasteiger partial charge in [-0.25, -0.2) is 8.42 Å². The highest BCUT2D eigenvalue weighted by Gasteiger charge is 2.47. The summed E-state index contributed by atoms with van der Waals surface area (Å²) in [7, 11) is -4.17. The van der Waals surface area contributed by atoms with Crippen molar-refractivity contribution in [3.63, 3.8) is 0 Å². The molecule has 5 nitrogen and oxygen atoms in total. The molecule has 7 heteroatoms. The van der Waals surface area contributed by atoms with Crippen LogP contribution in [0.3, 0.4) is 0 Å². The van der Waals surface area contributed by atoms with Crippen LogP contribution in [0.15, 0.2) is 53.3 Å². The van der Waals surface area contributed by atoms with E-state index in [-0.39, 0.29) is 4.90 Å². The molecule has 0 saturated carbocycles. The van der Waals surface area contributed by atoms with Gasteiger partial charge < -0.3 is 9.16 Å². The van der Waals surface area contributed by atoms with Gasteiger partial charge >= 0.3 is 0 Å². The number of benzene rings is 1. The molecule has 1 aromatic rings. The van der Waals surface area contributed by atoms with E-state index in [1.165, 1.54) is 4.31 Å². The van der Waals surface area contributed by atoms with Gasteiger partial charge in [-0.3, -0.25) is 4.31 Å². The first-order chi connectivity index (χ1) is 13.5. The summed E-state index contributed by atoms with van der Waals surface area (Å²) < 4.78 is 39.1. The minimum Gasteiger partial charge on any atom is -0.543 e. The molecule has 0 aromatic heterocycles. The van der Waals surface area contributed by atoms with Crippen molar-refractivity contribution < 1.29 is 17.6 Å².